The summed E-state index contributed by atoms with van der Waals surface area (Å²) in [5.41, 5.74) is 5.57. The van der Waals surface area contributed by atoms with Crippen LogP contribution in [0.2, 0.25) is 0 Å². The number of hydrazine groups is 1. The highest BCUT2D eigenvalue weighted by atomic mass is 19.4. The van der Waals surface area contributed by atoms with E-state index in [1.54, 1.807) is 31.3 Å². The van der Waals surface area contributed by atoms with Crippen LogP contribution in [0.15, 0.2) is 48.5 Å². The third-order valence-corrected chi connectivity index (χ3v) is 3.31. The topological polar surface area (TPSA) is 70.2 Å². The van der Waals surface area contributed by atoms with Gasteiger partial charge >= 0.3 is 6.18 Å². The minimum absolute atomic E-state index is 0.350. The molecule has 0 atom stereocenters. The fourth-order valence-corrected chi connectivity index (χ4v) is 1.99. The zero-order valence-corrected chi connectivity index (χ0v) is 19.1. The van der Waals surface area contributed by atoms with Crippen molar-refractivity contribution >= 4 is 23.6 Å². The van der Waals surface area contributed by atoms with Crippen molar-refractivity contribution in [2.24, 2.45) is 0 Å². The van der Waals surface area contributed by atoms with Gasteiger partial charge in [-0.2, -0.15) is 13.2 Å². The zero-order valence-electron chi connectivity index (χ0n) is 19.1. The predicted molar refractivity (Wildman–Crippen MR) is 121 cm³/mol. The van der Waals surface area contributed by atoms with Crippen LogP contribution in [0.1, 0.15) is 63.4 Å². The minimum Gasteiger partial charge on any atom is -0.355 e. The van der Waals surface area contributed by atoms with Crippen LogP contribution in [-0.4, -0.2) is 19.2 Å². The molecule has 5 nitrogen and oxygen atoms in total. The molecule has 174 valence electrons. The van der Waals surface area contributed by atoms with Gasteiger partial charge in [0.1, 0.15) is 6.29 Å². The lowest BCUT2D eigenvalue weighted by atomic mass is 10.1. The van der Waals surface area contributed by atoms with Crippen LogP contribution >= 0.6 is 0 Å². The van der Waals surface area contributed by atoms with Crippen LogP contribution in [-0.2, 0) is 11.0 Å². The molecule has 0 heterocycles. The largest absolute Gasteiger partial charge is 0.416 e. The van der Waals surface area contributed by atoms with E-state index in [0.717, 1.165) is 24.8 Å². The molecule has 0 aliphatic heterocycles. The first-order valence-electron chi connectivity index (χ1n) is 10.3. The second-order valence-electron chi connectivity index (χ2n) is 5.41. The fraction of sp³-hybridized carbons (Fsp3) is 0.391. The van der Waals surface area contributed by atoms with Gasteiger partial charge in [-0.25, -0.2) is 5.43 Å². The molecule has 0 aliphatic rings. The van der Waals surface area contributed by atoms with E-state index in [4.69, 9.17) is 0 Å². The number of carbonyl (C=O) groups is 2. The van der Waals surface area contributed by atoms with Crippen LogP contribution in [0.3, 0.4) is 0 Å². The van der Waals surface area contributed by atoms with E-state index in [-0.39, 0.29) is 5.91 Å². The maximum absolute atomic E-state index is 12.5. The molecule has 0 unspecified atom stereocenters. The lowest BCUT2D eigenvalue weighted by Crippen LogP contribution is -2.34. The van der Waals surface area contributed by atoms with Gasteiger partial charge in [0, 0.05) is 19.2 Å². The van der Waals surface area contributed by atoms with E-state index in [1.165, 1.54) is 12.1 Å². The number of halogens is 3. The number of hydrogen-bond donors (Lipinski definition) is 3. The van der Waals surface area contributed by atoms with E-state index in [9.17, 15) is 22.8 Å². The summed E-state index contributed by atoms with van der Waals surface area (Å²) in [6.45, 7) is 9.98. The van der Waals surface area contributed by atoms with E-state index < -0.39 is 11.7 Å². The summed E-state index contributed by atoms with van der Waals surface area (Å²) in [4.78, 5) is 21.3. The van der Waals surface area contributed by atoms with Crippen molar-refractivity contribution in [2.75, 3.05) is 12.4 Å². The maximum Gasteiger partial charge on any atom is 0.416 e. The average Bonchev–Trinajstić information content (AvgIpc) is 2.78. The summed E-state index contributed by atoms with van der Waals surface area (Å²) >= 11 is 0. The quantitative estimate of drug-likeness (QED) is 0.361. The van der Waals surface area contributed by atoms with Crippen LogP contribution in [0.25, 0.3) is 0 Å². The number of anilines is 2. The molecule has 0 radical (unpaired) electrons. The molecule has 31 heavy (non-hydrogen) atoms. The predicted octanol–water partition coefficient (Wildman–Crippen LogP) is 6.35. The molecule has 1 amide bonds. The molecule has 0 spiro atoms. The summed E-state index contributed by atoms with van der Waals surface area (Å²) in [6, 6.07) is 11.3. The van der Waals surface area contributed by atoms with Crippen LogP contribution in [0, 0.1) is 0 Å². The Labute approximate surface area is 183 Å². The van der Waals surface area contributed by atoms with Gasteiger partial charge in [0.2, 0.25) is 0 Å². The van der Waals surface area contributed by atoms with Crippen molar-refractivity contribution in [2.45, 2.75) is 53.6 Å². The second-order valence-corrected chi connectivity index (χ2v) is 5.41. The molecule has 2 rings (SSSR count). The Morgan fingerprint density at radius 2 is 1.52 bits per heavy atom. The van der Waals surface area contributed by atoms with Crippen LogP contribution in [0.4, 0.5) is 24.5 Å². The van der Waals surface area contributed by atoms with Crippen molar-refractivity contribution in [3.05, 3.63) is 59.7 Å². The molecule has 0 fully saturated rings. The molecular weight excluding hydrogens is 407 g/mol. The van der Waals surface area contributed by atoms with E-state index in [1.807, 2.05) is 34.6 Å². The molecule has 0 saturated heterocycles. The van der Waals surface area contributed by atoms with E-state index in [2.05, 4.69) is 16.2 Å². The normalized spacial score (nSPS) is 9.45. The Kier molecular flexibility index (Phi) is 17.6. The molecule has 3 N–H and O–H groups in total. The van der Waals surface area contributed by atoms with Gasteiger partial charge in [-0.3, -0.25) is 10.2 Å². The van der Waals surface area contributed by atoms with Crippen molar-refractivity contribution in [3.8, 4) is 0 Å². The molecule has 8 heteroatoms. The molecular formula is C23H34F3N3O2. The minimum atomic E-state index is -4.37. The molecule has 0 bridgehead atoms. The third-order valence-electron chi connectivity index (χ3n) is 3.31. The Bertz CT molecular complexity index is 734. The first-order chi connectivity index (χ1) is 14.8. The van der Waals surface area contributed by atoms with E-state index in [0.29, 0.717) is 23.4 Å². The summed E-state index contributed by atoms with van der Waals surface area (Å²) in [5, 5.41) is 2.93. The first kappa shape index (κ1) is 30.3. The smallest absolute Gasteiger partial charge is 0.355 e. The Hall–Kier alpha value is -2.87. The van der Waals surface area contributed by atoms with Crippen molar-refractivity contribution < 1.29 is 22.8 Å². The van der Waals surface area contributed by atoms with Gasteiger partial charge in [0.15, 0.2) is 0 Å². The highest BCUT2D eigenvalue weighted by Crippen LogP contribution is 2.30. The number of amides is 1. The number of nitrogens with one attached hydrogen (secondary N) is 3. The molecule has 0 aromatic heterocycles. The van der Waals surface area contributed by atoms with Gasteiger partial charge in [-0.05, 0) is 42.8 Å². The standard InChI is InChI=1S/C15H14F3N3O.C4H8O.2C2H6/c1-19-21-14(22)12-4-2-3-5-13(12)20-11-8-6-10(7-9-11)15(16,17)18;1-2-3-4-5;2*1-2/h2-9,19-20H,1H3,(H,21,22);4H,2-3H2,1H3;2*1-2H3. The number of hydrogen-bond acceptors (Lipinski definition) is 4. The maximum atomic E-state index is 12.5. The molecule has 0 saturated carbocycles. The molecule has 2 aromatic carbocycles. The SMILES string of the molecule is CC.CC.CCCC=O.CNNC(=O)c1ccccc1Nc1ccc(C(F)(F)F)cc1. The fourth-order valence-electron chi connectivity index (χ4n) is 1.99. The number of benzene rings is 2. The lowest BCUT2D eigenvalue weighted by molar-refractivity contribution is -0.137. The van der Waals surface area contributed by atoms with Crippen LogP contribution < -0.4 is 16.2 Å². The van der Waals surface area contributed by atoms with E-state index >= 15 is 0 Å². The van der Waals surface area contributed by atoms with Gasteiger partial charge in [0.05, 0.1) is 16.8 Å². The number of rotatable bonds is 6. The average molecular weight is 442 g/mol. The monoisotopic (exact) mass is 441 g/mol. The molecule has 2 aromatic rings. The zero-order chi connectivity index (χ0) is 24.3. The van der Waals surface area contributed by atoms with Crippen molar-refractivity contribution in [1.82, 2.24) is 10.9 Å². The number of alkyl halides is 3. The Balaban J connectivity index is 0. The number of para-hydroxylation sites is 1. The molecule has 0 aliphatic carbocycles. The van der Waals surface area contributed by atoms with Crippen molar-refractivity contribution in [3.63, 3.8) is 0 Å². The number of aldehydes is 1. The first-order valence-corrected chi connectivity index (χ1v) is 10.3. The summed E-state index contributed by atoms with van der Waals surface area (Å²) < 4.78 is 37.6. The van der Waals surface area contributed by atoms with Crippen molar-refractivity contribution in [1.29, 1.82) is 0 Å². The van der Waals surface area contributed by atoms with Crippen LogP contribution in [0.5, 0.6) is 0 Å². The van der Waals surface area contributed by atoms with Gasteiger partial charge in [-0.1, -0.05) is 46.8 Å². The van der Waals surface area contributed by atoms with Gasteiger partial charge < -0.3 is 10.1 Å². The highest BCUT2D eigenvalue weighted by molar-refractivity contribution is 6.00. The number of carbonyl (C=O) groups excluding carboxylic acids is 2. The highest BCUT2D eigenvalue weighted by Gasteiger charge is 2.29. The Morgan fingerprint density at radius 3 is 1.94 bits per heavy atom. The third kappa shape index (κ3) is 12.4. The number of unbranched alkanes of at least 4 members (excludes halogenated alkanes) is 1. The summed E-state index contributed by atoms with van der Waals surface area (Å²) in [7, 11) is 1.56. The Morgan fingerprint density at radius 1 is 0.968 bits per heavy atom. The van der Waals surface area contributed by atoms with Gasteiger partial charge in [0.25, 0.3) is 5.91 Å². The van der Waals surface area contributed by atoms with Gasteiger partial charge in [-0.15, -0.1) is 0 Å². The summed E-state index contributed by atoms with van der Waals surface area (Å²) in [6.07, 6.45) is -1.76. The lowest BCUT2D eigenvalue weighted by Gasteiger charge is -2.13. The summed E-state index contributed by atoms with van der Waals surface area (Å²) in [5.74, 6) is -0.350. The second kappa shape index (κ2) is 17.9.